The molecule has 1 fully saturated rings. The Morgan fingerprint density at radius 2 is 2.14 bits per heavy atom. The highest BCUT2D eigenvalue weighted by atomic mass is 16.5. The molecule has 0 radical (unpaired) electrons. The zero-order chi connectivity index (χ0) is 16.0. The highest BCUT2D eigenvalue weighted by molar-refractivity contribution is 5.79. The summed E-state index contributed by atoms with van der Waals surface area (Å²) in [5.41, 5.74) is 1.30. The Bertz CT molecular complexity index is 487. The zero-order valence-electron chi connectivity index (χ0n) is 14.2. The third-order valence-corrected chi connectivity index (χ3v) is 4.59. The highest BCUT2D eigenvalue weighted by Crippen LogP contribution is 2.43. The van der Waals surface area contributed by atoms with Gasteiger partial charge in [0.1, 0.15) is 5.76 Å². The summed E-state index contributed by atoms with van der Waals surface area (Å²) in [4.78, 5) is 8.63. The van der Waals surface area contributed by atoms with E-state index in [9.17, 15) is 0 Å². The molecular weight excluding hydrogens is 280 g/mol. The van der Waals surface area contributed by atoms with Gasteiger partial charge in [-0.05, 0) is 38.5 Å². The number of nitrogens with zero attached hydrogens (tertiary/aromatic N) is 2. The molecule has 1 aromatic heterocycles. The molecular formula is C16H28N4O2. The Morgan fingerprint density at radius 3 is 2.64 bits per heavy atom. The molecule has 6 heteroatoms. The maximum Gasteiger partial charge on any atom is 0.214 e. The second-order valence-electron chi connectivity index (χ2n) is 6.12. The molecule has 2 N–H and O–H groups in total. The van der Waals surface area contributed by atoms with E-state index in [1.165, 1.54) is 19.3 Å². The van der Waals surface area contributed by atoms with E-state index < -0.39 is 0 Å². The minimum atomic E-state index is 0.365. The van der Waals surface area contributed by atoms with E-state index >= 15 is 0 Å². The van der Waals surface area contributed by atoms with Crippen molar-refractivity contribution in [1.29, 1.82) is 0 Å². The number of aromatic nitrogens is 1. The van der Waals surface area contributed by atoms with Crippen molar-refractivity contribution in [3.8, 4) is 0 Å². The fourth-order valence-electron chi connectivity index (χ4n) is 2.78. The lowest BCUT2D eigenvalue weighted by Crippen LogP contribution is -2.46. The van der Waals surface area contributed by atoms with Crippen molar-refractivity contribution in [3.05, 3.63) is 17.3 Å². The van der Waals surface area contributed by atoms with Crippen LogP contribution in [0, 0.1) is 19.3 Å². The van der Waals surface area contributed by atoms with Crippen LogP contribution in [0.1, 0.15) is 43.0 Å². The maximum absolute atomic E-state index is 5.57. The van der Waals surface area contributed by atoms with Crippen molar-refractivity contribution < 1.29 is 9.15 Å². The highest BCUT2D eigenvalue weighted by Gasteiger charge is 2.36. The fourth-order valence-corrected chi connectivity index (χ4v) is 2.78. The van der Waals surface area contributed by atoms with Gasteiger partial charge in [-0.2, -0.15) is 0 Å². The van der Waals surface area contributed by atoms with Crippen molar-refractivity contribution in [2.75, 3.05) is 27.3 Å². The van der Waals surface area contributed by atoms with Crippen LogP contribution in [0.3, 0.4) is 0 Å². The van der Waals surface area contributed by atoms with Gasteiger partial charge in [0.2, 0.25) is 5.89 Å². The van der Waals surface area contributed by atoms with E-state index in [4.69, 9.17) is 9.15 Å². The topological polar surface area (TPSA) is 71.7 Å². The summed E-state index contributed by atoms with van der Waals surface area (Å²) in [6, 6.07) is 0. The Labute approximate surface area is 132 Å². The number of hydrogen-bond acceptors (Lipinski definition) is 4. The number of methoxy groups -OCH3 is 1. The number of nitrogens with one attached hydrogen (secondary N) is 2. The lowest BCUT2D eigenvalue weighted by atomic mass is 9.67. The molecule has 1 aromatic rings. The van der Waals surface area contributed by atoms with Gasteiger partial charge < -0.3 is 19.8 Å². The standard InChI is InChI=1S/C16H28N4O2/c1-12-13(2)22-14(20-12)10-18-15(17-3)19-11-16(6-5-7-16)8-9-21-4/h5-11H2,1-4H3,(H2,17,18,19). The summed E-state index contributed by atoms with van der Waals surface area (Å²) in [5.74, 6) is 2.35. The molecule has 0 aromatic carbocycles. The first-order valence-electron chi connectivity index (χ1n) is 7.95. The van der Waals surface area contributed by atoms with Gasteiger partial charge in [-0.1, -0.05) is 6.42 Å². The van der Waals surface area contributed by atoms with Crippen LogP contribution in [-0.4, -0.2) is 38.3 Å². The molecule has 124 valence electrons. The Hall–Kier alpha value is -1.56. The van der Waals surface area contributed by atoms with Gasteiger partial charge in [0.05, 0.1) is 12.2 Å². The molecule has 0 unspecified atom stereocenters. The predicted molar refractivity (Wildman–Crippen MR) is 87.0 cm³/mol. The number of aryl methyl sites for hydroxylation is 2. The Kier molecular flexibility index (Phi) is 5.83. The molecule has 0 aliphatic heterocycles. The average Bonchev–Trinajstić information content (AvgIpc) is 2.79. The first kappa shape index (κ1) is 16.8. The molecule has 1 heterocycles. The normalized spacial score (nSPS) is 17.2. The van der Waals surface area contributed by atoms with Gasteiger partial charge in [0.25, 0.3) is 0 Å². The van der Waals surface area contributed by atoms with Gasteiger partial charge >= 0.3 is 0 Å². The Morgan fingerprint density at radius 1 is 1.36 bits per heavy atom. The van der Waals surface area contributed by atoms with Crippen LogP contribution in [0.2, 0.25) is 0 Å². The summed E-state index contributed by atoms with van der Waals surface area (Å²) in [6.45, 7) is 6.17. The number of guanidine groups is 1. The lowest BCUT2D eigenvalue weighted by Gasteiger charge is -2.42. The third kappa shape index (κ3) is 4.22. The van der Waals surface area contributed by atoms with Crippen LogP contribution in [0.4, 0.5) is 0 Å². The quantitative estimate of drug-likeness (QED) is 0.596. The van der Waals surface area contributed by atoms with Gasteiger partial charge in [0, 0.05) is 27.3 Å². The third-order valence-electron chi connectivity index (χ3n) is 4.59. The maximum atomic E-state index is 5.57. The molecule has 0 amide bonds. The first-order chi connectivity index (χ1) is 10.6. The van der Waals surface area contributed by atoms with Crippen LogP contribution in [0.25, 0.3) is 0 Å². The molecule has 6 nitrogen and oxygen atoms in total. The van der Waals surface area contributed by atoms with E-state index in [-0.39, 0.29) is 0 Å². The van der Waals surface area contributed by atoms with E-state index in [0.29, 0.717) is 17.9 Å². The van der Waals surface area contributed by atoms with E-state index in [2.05, 4.69) is 20.6 Å². The van der Waals surface area contributed by atoms with Gasteiger partial charge in [0.15, 0.2) is 5.96 Å². The van der Waals surface area contributed by atoms with Crippen LogP contribution < -0.4 is 10.6 Å². The van der Waals surface area contributed by atoms with Crippen molar-refractivity contribution in [3.63, 3.8) is 0 Å². The summed E-state index contributed by atoms with van der Waals surface area (Å²) in [6.07, 6.45) is 4.94. The van der Waals surface area contributed by atoms with Crippen molar-refractivity contribution >= 4 is 5.96 Å². The van der Waals surface area contributed by atoms with E-state index in [1.807, 2.05) is 13.8 Å². The Balaban J connectivity index is 1.79. The largest absolute Gasteiger partial charge is 0.444 e. The average molecular weight is 308 g/mol. The molecule has 2 rings (SSSR count). The van der Waals surface area contributed by atoms with Crippen LogP contribution in [0.5, 0.6) is 0 Å². The molecule has 22 heavy (non-hydrogen) atoms. The van der Waals surface area contributed by atoms with Crippen molar-refractivity contribution in [1.82, 2.24) is 15.6 Å². The van der Waals surface area contributed by atoms with E-state index in [1.54, 1.807) is 14.2 Å². The van der Waals surface area contributed by atoms with Crippen LogP contribution in [0.15, 0.2) is 9.41 Å². The summed E-state index contributed by atoms with van der Waals surface area (Å²) >= 11 is 0. The molecule has 1 saturated carbocycles. The second-order valence-corrected chi connectivity index (χ2v) is 6.12. The zero-order valence-corrected chi connectivity index (χ0v) is 14.2. The summed E-state index contributed by atoms with van der Waals surface area (Å²) < 4.78 is 10.8. The first-order valence-corrected chi connectivity index (χ1v) is 7.95. The van der Waals surface area contributed by atoms with Gasteiger partial charge in [-0.3, -0.25) is 4.99 Å². The van der Waals surface area contributed by atoms with Crippen LogP contribution >= 0.6 is 0 Å². The fraction of sp³-hybridized carbons (Fsp3) is 0.750. The number of ether oxygens (including phenoxy) is 1. The molecule has 0 saturated heterocycles. The number of rotatable bonds is 7. The number of hydrogen-bond donors (Lipinski definition) is 2. The van der Waals surface area contributed by atoms with E-state index in [0.717, 1.165) is 37.0 Å². The molecule has 0 spiro atoms. The van der Waals surface area contributed by atoms with Crippen molar-refractivity contribution in [2.24, 2.45) is 10.4 Å². The number of oxazole rings is 1. The van der Waals surface area contributed by atoms with Crippen LogP contribution in [-0.2, 0) is 11.3 Å². The molecule has 0 atom stereocenters. The molecule has 1 aliphatic rings. The molecule has 1 aliphatic carbocycles. The second kappa shape index (κ2) is 7.63. The smallest absolute Gasteiger partial charge is 0.214 e. The summed E-state index contributed by atoms with van der Waals surface area (Å²) in [5, 5.41) is 6.68. The van der Waals surface area contributed by atoms with Gasteiger partial charge in [-0.15, -0.1) is 0 Å². The lowest BCUT2D eigenvalue weighted by molar-refractivity contribution is 0.0732. The monoisotopic (exact) mass is 308 g/mol. The van der Waals surface area contributed by atoms with Crippen molar-refractivity contribution in [2.45, 2.75) is 46.1 Å². The molecule has 0 bridgehead atoms. The summed E-state index contributed by atoms with van der Waals surface area (Å²) in [7, 11) is 3.55. The SMILES string of the molecule is CN=C(NCc1nc(C)c(C)o1)NCC1(CCOC)CCC1. The minimum absolute atomic E-state index is 0.365. The number of aliphatic imine (C=N–C) groups is 1. The van der Waals surface area contributed by atoms with Gasteiger partial charge in [-0.25, -0.2) is 4.98 Å². The predicted octanol–water partition coefficient (Wildman–Crippen LogP) is 2.16. The minimum Gasteiger partial charge on any atom is -0.444 e.